The fourth-order valence-corrected chi connectivity index (χ4v) is 3.68. The van der Waals surface area contributed by atoms with Crippen LogP contribution in [0.15, 0.2) is 97.1 Å². The van der Waals surface area contributed by atoms with Gasteiger partial charge in [0, 0.05) is 34.4 Å². The summed E-state index contributed by atoms with van der Waals surface area (Å²) in [6.07, 6.45) is 0. The van der Waals surface area contributed by atoms with Gasteiger partial charge in [0.25, 0.3) is 11.4 Å². The average Bonchev–Trinajstić information content (AvgIpc) is 2.99. The highest BCUT2D eigenvalue weighted by molar-refractivity contribution is 6.11. The lowest BCUT2D eigenvalue weighted by molar-refractivity contribution is -0.385. The number of nitro groups is 2. The van der Waals surface area contributed by atoms with Crippen LogP contribution in [0, 0.1) is 20.2 Å². The minimum absolute atomic E-state index is 0.0853. The third kappa shape index (κ3) is 5.75. The number of hydrogen-bond donors (Lipinski definition) is 0. The van der Waals surface area contributed by atoms with Crippen LogP contribution in [0.2, 0.25) is 0 Å². The first-order chi connectivity index (χ1) is 19.2. The van der Waals surface area contributed by atoms with Gasteiger partial charge in [-0.1, -0.05) is 60.7 Å². The van der Waals surface area contributed by atoms with E-state index >= 15 is 0 Å². The summed E-state index contributed by atoms with van der Waals surface area (Å²) in [6.45, 7) is 0. The Balaban J connectivity index is 1.59. The first-order valence-electron chi connectivity index (χ1n) is 11.4. The number of carbonyl (C=O) groups is 4. The van der Waals surface area contributed by atoms with Gasteiger partial charge in [-0.25, -0.2) is 19.4 Å². The minimum Gasteiger partial charge on any atom is -0.289 e. The van der Waals surface area contributed by atoms with Crippen molar-refractivity contribution < 1.29 is 38.8 Å². The lowest BCUT2D eigenvalue weighted by Crippen LogP contribution is -2.16. The Morgan fingerprint density at radius 3 is 1.18 bits per heavy atom. The fraction of sp³-hybridized carbons (Fsp3) is 0. The molecule has 0 aliphatic rings. The van der Waals surface area contributed by atoms with Crippen molar-refractivity contribution in [1.82, 2.24) is 0 Å². The standard InChI is InChI=1S/C28H16N2O10/c31-25(17-7-3-1-4-8-17)19-11-13-23(29(35)36)21(15-19)27(33)39-40-28(34)22-16-20(12-14-24(22)30(37)38)26(32)18-9-5-2-6-10-18/h1-16H. The van der Waals surface area contributed by atoms with Crippen LogP contribution in [0.1, 0.15) is 52.6 Å². The third-order valence-corrected chi connectivity index (χ3v) is 5.62. The molecule has 4 aromatic carbocycles. The summed E-state index contributed by atoms with van der Waals surface area (Å²) in [5.41, 5.74) is -2.57. The molecule has 0 N–H and O–H groups in total. The fourth-order valence-electron chi connectivity index (χ4n) is 3.68. The third-order valence-electron chi connectivity index (χ3n) is 5.62. The molecule has 0 fully saturated rings. The highest BCUT2D eigenvalue weighted by Gasteiger charge is 2.29. The van der Waals surface area contributed by atoms with Crippen molar-refractivity contribution in [2.75, 3.05) is 0 Å². The van der Waals surface area contributed by atoms with Gasteiger partial charge in [-0.2, -0.15) is 0 Å². The molecule has 12 heteroatoms. The van der Waals surface area contributed by atoms with E-state index in [2.05, 4.69) is 9.78 Å². The summed E-state index contributed by atoms with van der Waals surface area (Å²) in [5, 5.41) is 22.9. The number of nitrogens with zero attached hydrogens (tertiary/aromatic N) is 2. The predicted octanol–water partition coefficient (Wildman–Crippen LogP) is 4.89. The van der Waals surface area contributed by atoms with Crippen LogP contribution in [0.4, 0.5) is 11.4 Å². The normalized spacial score (nSPS) is 10.3. The van der Waals surface area contributed by atoms with Crippen LogP contribution in [0.25, 0.3) is 0 Å². The quantitative estimate of drug-likeness (QED) is 0.129. The molecule has 0 bridgehead atoms. The highest BCUT2D eigenvalue weighted by Crippen LogP contribution is 2.25. The van der Waals surface area contributed by atoms with Gasteiger partial charge in [-0.3, -0.25) is 29.8 Å². The zero-order valence-corrected chi connectivity index (χ0v) is 20.2. The van der Waals surface area contributed by atoms with Crippen molar-refractivity contribution >= 4 is 34.9 Å². The van der Waals surface area contributed by atoms with Gasteiger partial charge >= 0.3 is 11.9 Å². The van der Waals surface area contributed by atoms with E-state index < -0.39 is 55.9 Å². The topological polar surface area (TPSA) is 173 Å². The van der Waals surface area contributed by atoms with E-state index in [4.69, 9.17) is 0 Å². The van der Waals surface area contributed by atoms with Crippen LogP contribution < -0.4 is 0 Å². The molecule has 0 unspecified atom stereocenters. The maximum atomic E-state index is 12.7. The van der Waals surface area contributed by atoms with Gasteiger partial charge in [0.15, 0.2) is 11.6 Å². The molecule has 0 spiro atoms. The summed E-state index contributed by atoms with van der Waals surface area (Å²) >= 11 is 0. The van der Waals surface area contributed by atoms with Crippen LogP contribution in [-0.4, -0.2) is 33.4 Å². The van der Waals surface area contributed by atoms with Crippen LogP contribution >= 0.6 is 0 Å². The van der Waals surface area contributed by atoms with E-state index in [0.717, 1.165) is 36.4 Å². The molecule has 0 heterocycles. The van der Waals surface area contributed by atoms with Gasteiger partial charge in [0.1, 0.15) is 11.1 Å². The molecule has 198 valence electrons. The van der Waals surface area contributed by atoms with Gasteiger partial charge in [-0.15, -0.1) is 0 Å². The van der Waals surface area contributed by atoms with Crippen molar-refractivity contribution in [1.29, 1.82) is 0 Å². The second kappa shape index (κ2) is 11.6. The average molecular weight is 540 g/mol. The Kier molecular flexibility index (Phi) is 7.81. The maximum absolute atomic E-state index is 12.7. The number of ketones is 2. The Morgan fingerprint density at radius 1 is 0.500 bits per heavy atom. The molecule has 0 atom stereocenters. The number of nitro benzene ring substituents is 2. The van der Waals surface area contributed by atoms with E-state index in [1.807, 2.05) is 0 Å². The Bertz CT molecular complexity index is 1540. The van der Waals surface area contributed by atoms with Crippen LogP contribution in [-0.2, 0) is 9.78 Å². The van der Waals surface area contributed by atoms with E-state index in [0.29, 0.717) is 0 Å². The van der Waals surface area contributed by atoms with Gasteiger partial charge in [0.2, 0.25) is 0 Å². The second-order valence-corrected chi connectivity index (χ2v) is 8.11. The monoisotopic (exact) mass is 540 g/mol. The molecule has 0 amide bonds. The van der Waals surface area contributed by atoms with Gasteiger partial charge in [-0.05, 0) is 24.3 Å². The molecule has 4 rings (SSSR count). The molecule has 12 nitrogen and oxygen atoms in total. The van der Waals surface area contributed by atoms with Crippen LogP contribution in [0.3, 0.4) is 0 Å². The molecule has 40 heavy (non-hydrogen) atoms. The van der Waals surface area contributed by atoms with Crippen molar-refractivity contribution in [3.8, 4) is 0 Å². The Labute approximate surface area is 224 Å². The molecular weight excluding hydrogens is 524 g/mol. The van der Waals surface area contributed by atoms with E-state index in [1.54, 1.807) is 36.4 Å². The highest BCUT2D eigenvalue weighted by atomic mass is 17.2. The summed E-state index contributed by atoms with van der Waals surface area (Å²) in [4.78, 5) is 81.0. The lowest BCUT2D eigenvalue weighted by atomic mass is 10.0. The van der Waals surface area contributed by atoms with E-state index in [-0.39, 0.29) is 22.3 Å². The summed E-state index contributed by atoms with van der Waals surface area (Å²) in [5.74, 6) is -4.11. The first kappa shape index (κ1) is 27.0. The van der Waals surface area contributed by atoms with E-state index in [1.165, 1.54) is 24.3 Å². The summed E-state index contributed by atoms with van der Waals surface area (Å²) < 4.78 is 0. The predicted molar refractivity (Wildman–Crippen MR) is 137 cm³/mol. The van der Waals surface area contributed by atoms with Crippen molar-refractivity contribution in [2.45, 2.75) is 0 Å². The summed E-state index contributed by atoms with van der Waals surface area (Å²) in [6, 6.07) is 21.8. The minimum atomic E-state index is -1.51. The molecule has 0 aliphatic heterocycles. The first-order valence-corrected chi connectivity index (χ1v) is 11.4. The molecule has 0 aliphatic carbocycles. The van der Waals surface area contributed by atoms with Gasteiger partial charge in [0.05, 0.1) is 9.85 Å². The lowest BCUT2D eigenvalue weighted by Gasteiger charge is -2.08. The zero-order valence-electron chi connectivity index (χ0n) is 20.2. The SMILES string of the molecule is O=C(c1ccccc1)c1ccc([N+](=O)[O-])c(C(=O)OOC(=O)c2cc(C(=O)c3ccccc3)ccc2[N+](=O)[O-])c1. The second-order valence-electron chi connectivity index (χ2n) is 8.11. The molecule has 0 saturated heterocycles. The Morgan fingerprint density at radius 2 is 0.850 bits per heavy atom. The Hall–Kier alpha value is -6.04. The molecule has 0 saturated carbocycles. The number of benzene rings is 4. The summed E-state index contributed by atoms with van der Waals surface area (Å²) in [7, 11) is 0. The zero-order chi connectivity index (χ0) is 28.8. The van der Waals surface area contributed by atoms with Crippen molar-refractivity contribution in [3.05, 3.63) is 151 Å². The molecule has 4 aromatic rings. The number of carbonyl (C=O) groups excluding carboxylic acids is 4. The molecule has 0 aromatic heterocycles. The molecular formula is C28H16N2O10. The number of rotatable bonds is 8. The number of hydrogen-bond acceptors (Lipinski definition) is 10. The van der Waals surface area contributed by atoms with Crippen molar-refractivity contribution in [2.24, 2.45) is 0 Å². The molecule has 0 radical (unpaired) electrons. The maximum Gasteiger partial charge on any atom is 0.393 e. The van der Waals surface area contributed by atoms with Gasteiger partial charge < -0.3 is 0 Å². The van der Waals surface area contributed by atoms with E-state index in [9.17, 15) is 39.4 Å². The van der Waals surface area contributed by atoms with Crippen LogP contribution in [0.5, 0.6) is 0 Å². The van der Waals surface area contributed by atoms with Crippen molar-refractivity contribution in [3.63, 3.8) is 0 Å². The largest absolute Gasteiger partial charge is 0.393 e. The smallest absolute Gasteiger partial charge is 0.289 e.